The van der Waals surface area contributed by atoms with Crippen LogP contribution in [0, 0.1) is 0 Å². The Balaban J connectivity index is 1.77. The van der Waals surface area contributed by atoms with E-state index in [9.17, 15) is 0 Å². The molecule has 0 amide bonds. The minimum absolute atomic E-state index is 0.813. The Morgan fingerprint density at radius 2 is 1.94 bits per heavy atom. The third-order valence-electron chi connectivity index (χ3n) is 3.41. The first-order chi connectivity index (χ1) is 8.90. The summed E-state index contributed by atoms with van der Waals surface area (Å²) >= 11 is 4.24. The summed E-state index contributed by atoms with van der Waals surface area (Å²) in [6.45, 7) is 4.07. The minimum atomic E-state index is 0.813. The van der Waals surface area contributed by atoms with E-state index in [2.05, 4.69) is 35.7 Å². The molecule has 1 aromatic carbocycles. The molecule has 3 heteroatoms. The maximum Gasteiger partial charge on any atom is 0.123 e. The molecule has 0 bridgehead atoms. The Morgan fingerprint density at radius 1 is 1.11 bits per heavy atom. The van der Waals surface area contributed by atoms with Crippen molar-refractivity contribution in [3.63, 3.8) is 0 Å². The van der Waals surface area contributed by atoms with Gasteiger partial charge in [-0.05, 0) is 31.2 Å². The van der Waals surface area contributed by atoms with Gasteiger partial charge in [-0.3, -0.25) is 4.90 Å². The molecule has 1 aromatic rings. The third kappa shape index (κ3) is 4.21. The van der Waals surface area contributed by atoms with E-state index in [0.29, 0.717) is 0 Å². The summed E-state index contributed by atoms with van der Waals surface area (Å²) in [5.74, 6) is 2.08. The molecule has 0 aliphatic carbocycles. The lowest BCUT2D eigenvalue weighted by Crippen LogP contribution is -2.26. The van der Waals surface area contributed by atoms with Crippen LogP contribution in [0.2, 0.25) is 0 Å². The van der Waals surface area contributed by atoms with E-state index in [4.69, 9.17) is 4.74 Å². The zero-order chi connectivity index (χ0) is 12.6. The van der Waals surface area contributed by atoms with Crippen molar-refractivity contribution in [2.45, 2.75) is 32.2 Å². The summed E-state index contributed by atoms with van der Waals surface area (Å²) in [7, 11) is 0. The Hall–Kier alpha value is -0.670. The summed E-state index contributed by atoms with van der Waals surface area (Å²) in [6.07, 6.45) is 5.16. The number of hydrogen-bond donors (Lipinski definition) is 1. The lowest BCUT2D eigenvalue weighted by Gasteiger charge is -2.18. The van der Waals surface area contributed by atoms with Crippen LogP contribution in [-0.2, 0) is 6.54 Å². The van der Waals surface area contributed by atoms with Crippen molar-refractivity contribution < 1.29 is 4.74 Å². The normalized spacial score (nSPS) is 15.8. The zero-order valence-corrected chi connectivity index (χ0v) is 11.9. The molecule has 1 aliphatic heterocycles. The molecule has 0 radical (unpaired) electrons. The van der Waals surface area contributed by atoms with Gasteiger partial charge in [0.2, 0.25) is 0 Å². The molecule has 0 spiro atoms. The first-order valence-electron chi connectivity index (χ1n) is 6.94. The number of nitrogens with zero attached hydrogens (tertiary/aromatic N) is 1. The number of thiol groups is 1. The predicted molar refractivity (Wildman–Crippen MR) is 79.5 cm³/mol. The van der Waals surface area contributed by atoms with Crippen molar-refractivity contribution >= 4 is 12.6 Å². The zero-order valence-electron chi connectivity index (χ0n) is 11.0. The summed E-state index contributed by atoms with van der Waals surface area (Å²) < 4.78 is 5.77. The van der Waals surface area contributed by atoms with E-state index < -0.39 is 0 Å². The summed E-state index contributed by atoms with van der Waals surface area (Å²) in [5, 5.41) is 0. The van der Waals surface area contributed by atoms with Crippen LogP contribution in [0.3, 0.4) is 0 Å². The third-order valence-corrected chi connectivity index (χ3v) is 3.73. The van der Waals surface area contributed by atoms with Crippen LogP contribution in [0.1, 0.15) is 31.2 Å². The standard InChI is InChI=1S/C15H23NOS/c18-12-6-2-1-5-9-16-10-11-17-15-8-4-3-7-14(15)13-16/h3-4,7-8,18H,1-2,5-6,9-13H2. The molecule has 100 valence electrons. The quantitative estimate of drug-likeness (QED) is 0.625. The van der Waals surface area contributed by atoms with E-state index in [0.717, 1.165) is 31.2 Å². The van der Waals surface area contributed by atoms with E-state index in [1.807, 2.05) is 6.07 Å². The molecule has 2 rings (SSSR count). The number of hydrogen-bond acceptors (Lipinski definition) is 3. The van der Waals surface area contributed by atoms with Crippen LogP contribution in [0.4, 0.5) is 0 Å². The monoisotopic (exact) mass is 265 g/mol. The van der Waals surface area contributed by atoms with E-state index in [1.165, 1.54) is 37.8 Å². The van der Waals surface area contributed by atoms with E-state index in [-0.39, 0.29) is 0 Å². The minimum Gasteiger partial charge on any atom is -0.492 e. The van der Waals surface area contributed by atoms with E-state index in [1.54, 1.807) is 0 Å². The number of rotatable bonds is 6. The molecule has 1 aliphatic rings. The van der Waals surface area contributed by atoms with Gasteiger partial charge < -0.3 is 4.74 Å². The van der Waals surface area contributed by atoms with Crippen molar-refractivity contribution in [3.05, 3.63) is 29.8 Å². The van der Waals surface area contributed by atoms with Crippen molar-refractivity contribution in [2.24, 2.45) is 0 Å². The molecule has 0 saturated heterocycles. The van der Waals surface area contributed by atoms with Gasteiger partial charge in [0, 0.05) is 18.7 Å². The Kier molecular flexibility index (Phi) is 5.88. The van der Waals surface area contributed by atoms with Gasteiger partial charge in [-0.25, -0.2) is 0 Å². The van der Waals surface area contributed by atoms with E-state index >= 15 is 0 Å². The highest BCUT2D eigenvalue weighted by Crippen LogP contribution is 2.22. The summed E-state index contributed by atoms with van der Waals surface area (Å²) in [6, 6.07) is 8.39. The summed E-state index contributed by atoms with van der Waals surface area (Å²) in [5.41, 5.74) is 1.32. The van der Waals surface area contributed by atoms with Gasteiger partial charge in [0.25, 0.3) is 0 Å². The lowest BCUT2D eigenvalue weighted by molar-refractivity contribution is 0.222. The highest BCUT2D eigenvalue weighted by atomic mass is 32.1. The van der Waals surface area contributed by atoms with Gasteiger partial charge in [-0.2, -0.15) is 12.6 Å². The van der Waals surface area contributed by atoms with Crippen LogP contribution < -0.4 is 4.74 Å². The SMILES string of the molecule is SCCCCCCN1CCOc2ccccc2C1. The molecule has 0 aromatic heterocycles. The second-order valence-electron chi connectivity index (χ2n) is 4.87. The Labute approximate surface area is 116 Å². The van der Waals surface area contributed by atoms with Gasteiger partial charge in [0.1, 0.15) is 12.4 Å². The molecular weight excluding hydrogens is 242 g/mol. The van der Waals surface area contributed by atoms with Gasteiger partial charge in [0.15, 0.2) is 0 Å². The fourth-order valence-corrected chi connectivity index (χ4v) is 2.60. The van der Waals surface area contributed by atoms with Crippen molar-refractivity contribution in [3.8, 4) is 5.75 Å². The largest absolute Gasteiger partial charge is 0.492 e. The first-order valence-corrected chi connectivity index (χ1v) is 7.57. The highest BCUT2D eigenvalue weighted by Gasteiger charge is 2.13. The fourth-order valence-electron chi connectivity index (χ4n) is 2.37. The smallest absolute Gasteiger partial charge is 0.123 e. The van der Waals surface area contributed by atoms with Crippen molar-refractivity contribution in [1.29, 1.82) is 0 Å². The number of unbranched alkanes of at least 4 members (excludes halogenated alkanes) is 3. The number of benzene rings is 1. The fraction of sp³-hybridized carbons (Fsp3) is 0.600. The number of fused-ring (bicyclic) bond motifs is 1. The highest BCUT2D eigenvalue weighted by molar-refractivity contribution is 7.80. The molecular formula is C15H23NOS. The van der Waals surface area contributed by atoms with Crippen LogP contribution in [-0.4, -0.2) is 30.3 Å². The van der Waals surface area contributed by atoms with Crippen LogP contribution in [0.5, 0.6) is 5.75 Å². The molecule has 2 nitrogen and oxygen atoms in total. The maximum absolute atomic E-state index is 5.77. The van der Waals surface area contributed by atoms with Gasteiger partial charge in [-0.1, -0.05) is 31.0 Å². The topological polar surface area (TPSA) is 12.5 Å². The van der Waals surface area contributed by atoms with Crippen LogP contribution in [0.15, 0.2) is 24.3 Å². The maximum atomic E-state index is 5.77. The van der Waals surface area contributed by atoms with Crippen LogP contribution in [0.25, 0.3) is 0 Å². The van der Waals surface area contributed by atoms with Gasteiger partial charge in [-0.15, -0.1) is 0 Å². The number of para-hydroxylation sites is 1. The van der Waals surface area contributed by atoms with Gasteiger partial charge >= 0.3 is 0 Å². The Bertz CT molecular complexity index is 356. The number of ether oxygens (including phenoxy) is 1. The average Bonchev–Trinajstić information content (AvgIpc) is 2.60. The lowest BCUT2D eigenvalue weighted by atomic mass is 10.1. The van der Waals surface area contributed by atoms with Crippen molar-refractivity contribution in [2.75, 3.05) is 25.4 Å². The molecule has 0 saturated carbocycles. The molecule has 0 fully saturated rings. The molecule has 0 atom stereocenters. The first kappa shape index (κ1) is 13.8. The summed E-state index contributed by atoms with van der Waals surface area (Å²) in [4.78, 5) is 2.51. The molecule has 0 unspecified atom stereocenters. The average molecular weight is 265 g/mol. The molecule has 1 heterocycles. The second kappa shape index (κ2) is 7.70. The Morgan fingerprint density at radius 3 is 2.83 bits per heavy atom. The van der Waals surface area contributed by atoms with Crippen LogP contribution >= 0.6 is 12.6 Å². The predicted octanol–water partition coefficient (Wildman–Crippen LogP) is 3.37. The second-order valence-corrected chi connectivity index (χ2v) is 5.32. The molecule has 0 N–H and O–H groups in total. The molecule has 18 heavy (non-hydrogen) atoms. The van der Waals surface area contributed by atoms with Gasteiger partial charge in [0.05, 0.1) is 0 Å². The van der Waals surface area contributed by atoms with Crippen molar-refractivity contribution in [1.82, 2.24) is 4.90 Å².